The van der Waals surface area contributed by atoms with Crippen molar-refractivity contribution in [3.8, 4) is 0 Å². The van der Waals surface area contributed by atoms with Gasteiger partial charge >= 0.3 is 4.87 Å². The van der Waals surface area contributed by atoms with Gasteiger partial charge in [-0.1, -0.05) is 17.4 Å². The summed E-state index contributed by atoms with van der Waals surface area (Å²) in [5.74, 6) is -0.0165. The topological polar surface area (TPSA) is 77.1 Å². The van der Waals surface area contributed by atoms with E-state index >= 15 is 0 Å². The molecule has 0 bridgehead atoms. The number of nitrogen functional groups attached to an aromatic ring is 1. The average molecular weight is 331 g/mol. The number of thiazole rings is 1. The van der Waals surface area contributed by atoms with E-state index in [2.05, 4.69) is 5.32 Å². The molecule has 0 aliphatic heterocycles. The van der Waals surface area contributed by atoms with Crippen LogP contribution in [0.15, 0.2) is 28.4 Å². The number of aryl methyl sites for hydroxylation is 2. The number of anilines is 1. The van der Waals surface area contributed by atoms with Gasteiger partial charge in [0.1, 0.15) is 0 Å². The van der Waals surface area contributed by atoms with Crippen LogP contribution in [0.2, 0.25) is 0 Å². The lowest BCUT2D eigenvalue weighted by Crippen LogP contribution is -2.32. The number of nitrogens with zero attached hydrogens (tertiary/aromatic N) is 1. The predicted molar refractivity (Wildman–Crippen MR) is 92.6 cm³/mol. The van der Waals surface area contributed by atoms with Gasteiger partial charge in [-0.15, -0.1) is 0 Å². The Morgan fingerprint density at radius 2 is 2.30 bits per heavy atom. The molecule has 3 N–H and O–H groups in total. The quantitative estimate of drug-likeness (QED) is 0.845. The molecule has 1 aromatic carbocycles. The van der Waals surface area contributed by atoms with Crippen molar-refractivity contribution in [2.75, 3.05) is 5.73 Å². The number of nitrogens with one attached hydrogen (secondary N) is 1. The lowest BCUT2D eigenvalue weighted by atomic mass is 9.87. The smallest absolute Gasteiger partial charge is 0.307 e. The Kier molecular flexibility index (Phi) is 4.52. The summed E-state index contributed by atoms with van der Waals surface area (Å²) in [5, 5.41) is 4.93. The van der Waals surface area contributed by atoms with Crippen LogP contribution in [-0.2, 0) is 17.8 Å². The Balaban J connectivity index is 1.64. The first-order chi connectivity index (χ1) is 11.0. The van der Waals surface area contributed by atoms with Crippen molar-refractivity contribution in [1.29, 1.82) is 0 Å². The van der Waals surface area contributed by atoms with E-state index in [0.717, 1.165) is 30.6 Å². The van der Waals surface area contributed by atoms with Gasteiger partial charge in [0.2, 0.25) is 5.91 Å². The molecule has 1 atom stereocenters. The Labute approximate surface area is 139 Å². The maximum absolute atomic E-state index is 12.3. The highest BCUT2D eigenvalue weighted by Crippen LogP contribution is 2.30. The van der Waals surface area contributed by atoms with Crippen molar-refractivity contribution in [2.24, 2.45) is 0 Å². The standard InChI is InChI=1S/C17H21N3O2S/c1-11-10-23-17(22)20(11)8-7-16(21)19-15-4-2-3-12-9-13(18)5-6-14(12)15/h5-6,9-10,15H,2-4,7-8,18H2,1H3,(H,19,21). The summed E-state index contributed by atoms with van der Waals surface area (Å²) in [7, 11) is 0. The zero-order chi connectivity index (χ0) is 16.4. The molecule has 1 aliphatic carbocycles. The van der Waals surface area contributed by atoms with Gasteiger partial charge in [0.25, 0.3) is 0 Å². The van der Waals surface area contributed by atoms with Crippen LogP contribution in [0.5, 0.6) is 0 Å². The molecule has 2 aromatic rings. The number of aromatic nitrogens is 1. The molecule has 1 aliphatic rings. The normalized spacial score (nSPS) is 16.8. The van der Waals surface area contributed by atoms with Gasteiger partial charge < -0.3 is 15.6 Å². The van der Waals surface area contributed by atoms with Crippen molar-refractivity contribution in [3.05, 3.63) is 50.1 Å². The fourth-order valence-corrected chi connectivity index (χ4v) is 3.90. The summed E-state index contributed by atoms with van der Waals surface area (Å²) in [6, 6.07) is 5.95. The first-order valence-electron chi connectivity index (χ1n) is 7.87. The van der Waals surface area contributed by atoms with Crippen LogP contribution in [0, 0.1) is 6.92 Å². The van der Waals surface area contributed by atoms with Crippen LogP contribution in [0.25, 0.3) is 0 Å². The summed E-state index contributed by atoms with van der Waals surface area (Å²) >= 11 is 1.17. The highest BCUT2D eigenvalue weighted by Gasteiger charge is 2.21. The van der Waals surface area contributed by atoms with E-state index in [1.165, 1.54) is 22.5 Å². The molecule has 1 aromatic heterocycles. The molecule has 23 heavy (non-hydrogen) atoms. The zero-order valence-electron chi connectivity index (χ0n) is 13.2. The van der Waals surface area contributed by atoms with Gasteiger partial charge in [-0.2, -0.15) is 0 Å². The first kappa shape index (κ1) is 15.8. The number of benzene rings is 1. The molecule has 1 amide bonds. The maximum atomic E-state index is 12.3. The van der Waals surface area contributed by atoms with Crippen molar-refractivity contribution in [1.82, 2.24) is 9.88 Å². The van der Waals surface area contributed by atoms with Gasteiger partial charge in [-0.25, -0.2) is 0 Å². The Hall–Kier alpha value is -2.08. The van der Waals surface area contributed by atoms with Crippen LogP contribution >= 0.6 is 11.3 Å². The van der Waals surface area contributed by atoms with E-state index < -0.39 is 0 Å². The minimum atomic E-state index is -0.0165. The third-order valence-corrected chi connectivity index (χ3v) is 5.24. The molecule has 0 spiro atoms. The van der Waals surface area contributed by atoms with Gasteiger partial charge in [0.05, 0.1) is 6.04 Å². The van der Waals surface area contributed by atoms with Gasteiger partial charge in [-0.3, -0.25) is 9.59 Å². The van der Waals surface area contributed by atoms with E-state index in [1.54, 1.807) is 4.57 Å². The summed E-state index contributed by atoms with van der Waals surface area (Å²) < 4.78 is 1.65. The maximum Gasteiger partial charge on any atom is 0.307 e. The number of hydrogen-bond donors (Lipinski definition) is 2. The predicted octanol–water partition coefficient (Wildman–Crippen LogP) is 2.38. The molecule has 5 nitrogen and oxygen atoms in total. The zero-order valence-corrected chi connectivity index (χ0v) is 14.0. The number of carbonyl (C=O) groups excluding carboxylic acids is 1. The van der Waals surface area contributed by atoms with E-state index in [4.69, 9.17) is 5.73 Å². The van der Waals surface area contributed by atoms with E-state index in [0.29, 0.717) is 13.0 Å². The van der Waals surface area contributed by atoms with Gasteiger partial charge in [0, 0.05) is 29.7 Å². The Morgan fingerprint density at radius 3 is 3.04 bits per heavy atom. The van der Waals surface area contributed by atoms with E-state index in [9.17, 15) is 9.59 Å². The number of rotatable bonds is 4. The molecule has 0 radical (unpaired) electrons. The van der Waals surface area contributed by atoms with E-state index in [1.807, 2.05) is 30.5 Å². The number of nitrogens with two attached hydrogens (primary N) is 1. The number of carbonyl (C=O) groups is 1. The average Bonchev–Trinajstić information content (AvgIpc) is 2.84. The molecular weight excluding hydrogens is 310 g/mol. The van der Waals surface area contributed by atoms with Gasteiger partial charge in [0.15, 0.2) is 0 Å². The van der Waals surface area contributed by atoms with E-state index in [-0.39, 0.29) is 16.8 Å². The monoisotopic (exact) mass is 331 g/mol. The summed E-state index contributed by atoms with van der Waals surface area (Å²) in [5.41, 5.74) is 9.91. The van der Waals surface area contributed by atoms with Crippen molar-refractivity contribution < 1.29 is 4.79 Å². The van der Waals surface area contributed by atoms with Crippen LogP contribution in [0.3, 0.4) is 0 Å². The molecule has 1 heterocycles. The Morgan fingerprint density at radius 1 is 1.48 bits per heavy atom. The summed E-state index contributed by atoms with van der Waals surface area (Å²) in [6.07, 6.45) is 3.32. The largest absolute Gasteiger partial charge is 0.399 e. The number of hydrogen-bond acceptors (Lipinski definition) is 4. The lowest BCUT2D eigenvalue weighted by Gasteiger charge is -2.26. The number of fused-ring (bicyclic) bond motifs is 1. The van der Waals surface area contributed by atoms with Crippen molar-refractivity contribution in [3.63, 3.8) is 0 Å². The fraction of sp³-hybridized carbons (Fsp3) is 0.412. The molecule has 6 heteroatoms. The molecule has 0 saturated carbocycles. The number of amides is 1. The molecule has 0 saturated heterocycles. The third-order valence-electron chi connectivity index (χ3n) is 4.36. The molecule has 3 rings (SSSR count). The second kappa shape index (κ2) is 6.58. The molecule has 0 fully saturated rings. The molecule has 122 valence electrons. The Bertz CT molecular complexity index is 778. The molecule has 1 unspecified atom stereocenters. The van der Waals surface area contributed by atoms with Crippen molar-refractivity contribution >= 4 is 22.9 Å². The van der Waals surface area contributed by atoms with Crippen molar-refractivity contribution in [2.45, 2.75) is 45.2 Å². The van der Waals surface area contributed by atoms with Crippen LogP contribution < -0.4 is 15.9 Å². The SMILES string of the molecule is Cc1csc(=O)n1CCC(=O)NC1CCCc2cc(N)ccc21. The molecular formula is C17H21N3O2S. The summed E-state index contributed by atoms with van der Waals surface area (Å²) in [4.78, 5) is 23.9. The summed E-state index contributed by atoms with van der Waals surface area (Å²) in [6.45, 7) is 2.32. The minimum absolute atomic E-state index is 0.00575. The van der Waals surface area contributed by atoms with Crippen LogP contribution in [0.1, 0.15) is 42.1 Å². The van der Waals surface area contributed by atoms with Crippen LogP contribution in [0.4, 0.5) is 5.69 Å². The first-order valence-corrected chi connectivity index (χ1v) is 8.75. The van der Waals surface area contributed by atoms with Crippen LogP contribution in [-0.4, -0.2) is 10.5 Å². The second-order valence-corrected chi connectivity index (χ2v) is 6.84. The van der Waals surface area contributed by atoms with Gasteiger partial charge in [-0.05, 0) is 49.4 Å². The highest BCUT2D eigenvalue weighted by atomic mass is 32.1. The third kappa shape index (κ3) is 3.47. The minimum Gasteiger partial charge on any atom is -0.399 e. The fourth-order valence-electron chi connectivity index (χ4n) is 3.14. The lowest BCUT2D eigenvalue weighted by molar-refractivity contribution is -0.122. The highest BCUT2D eigenvalue weighted by molar-refractivity contribution is 7.07. The second-order valence-electron chi connectivity index (χ2n) is 6.02.